The summed E-state index contributed by atoms with van der Waals surface area (Å²) in [5.74, 6) is 0.200. The van der Waals surface area contributed by atoms with Gasteiger partial charge in [0.15, 0.2) is 0 Å². The van der Waals surface area contributed by atoms with Gasteiger partial charge in [-0.15, -0.1) is 0 Å². The number of hydrogen-bond donors (Lipinski definition) is 1. The molecule has 74 valence electrons. The van der Waals surface area contributed by atoms with Gasteiger partial charge in [0.05, 0.1) is 5.41 Å². The minimum absolute atomic E-state index is 0.314. The predicted octanol–water partition coefficient (Wildman–Crippen LogP) is 2.82. The minimum atomic E-state index is -0.531. The van der Waals surface area contributed by atoms with Crippen LogP contribution in [-0.4, -0.2) is 11.1 Å². The Hall–Kier alpha value is -0.530. The van der Waals surface area contributed by atoms with E-state index in [-0.39, 0.29) is 5.41 Å². The number of rotatable bonds is 3. The number of carbonyl (C=O) groups is 1. The van der Waals surface area contributed by atoms with Crippen molar-refractivity contribution in [2.24, 2.45) is 11.3 Å². The average molecular weight is 182 g/mol. The molecule has 0 amide bonds. The third kappa shape index (κ3) is 1.59. The zero-order valence-electron chi connectivity index (χ0n) is 8.09. The average Bonchev–Trinajstić information content (AvgIpc) is 2.46. The first-order valence-electron chi connectivity index (χ1n) is 5.46. The van der Waals surface area contributed by atoms with Gasteiger partial charge in [-0.25, -0.2) is 0 Å². The summed E-state index contributed by atoms with van der Waals surface area (Å²) in [6.07, 6.45) is 8.93. The van der Waals surface area contributed by atoms with E-state index in [1.165, 1.54) is 19.3 Å². The van der Waals surface area contributed by atoms with Crippen molar-refractivity contribution in [3.63, 3.8) is 0 Å². The van der Waals surface area contributed by atoms with Crippen LogP contribution >= 0.6 is 0 Å². The van der Waals surface area contributed by atoms with Crippen molar-refractivity contribution in [1.29, 1.82) is 0 Å². The van der Waals surface area contributed by atoms with Crippen molar-refractivity contribution >= 4 is 5.97 Å². The molecule has 2 nitrogen and oxygen atoms in total. The Kier molecular flexibility index (Phi) is 2.31. The summed E-state index contributed by atoms with van der Waals surface area (Å²) in [5.41, 5.74) is -0.314. The van der Waals surface area contributed by atoms with E-state index in [1.807, 2.05) is 0 Å². The van der Waals surface area contributed by atoms with Crippen LogP contribution in [0.3, 0.4) is 0 Å². The molecule has 0 radical (unpaired) electrons. The maximum absolute atomic E-state index is 11.2. The summed E-state index contributed by atoms with van der Waals surface area (Å²) < 4.78 is 0. The SMILES string of the molecule is O=C(O)C1(CC2CCC2)CCCC1. The Balaban J connectivity index is 1.99. The summed E-state index contributed by atoms with van der Waals surface area (Å²) in [7, 11) is 0. The molecule has 2 aliphatic carbocycles. The molecule has 0 aromatic heterocycles. The van der Waals surface area contributed by atoms with Gasteiger partial charge >= 0.3 is 5.97 Å². The molecule has 2 saturated carbocycles. The Morgan fingerprint density at radius 1 is 1.23 bits per heavy atom. The van der Waals surface area contributed by atoms with E-state index in [4.69, 9.17) is 0 Å². The van der Waals surface area contributed by atoms with Crippen LogP contribution in [0.15, 0.2) is 0 Å². The number of carboxylic acid groups (broad SMARTS) is 1. The molecule has 0 atom stereocenters. The lowest BCUT2D eigenvalue weighted by molar-refractivity contribution is -0.150. The first kappa shape index (κ1) is 9.04. The van der Waals surface area contributed by atoms with Gasteiger partial charge in [0.25, 0.3) is 0 Å². The molecule has 2 aliphatic rings. The normalized spacial score (nSPS) is 27.1. The molecular formula is C11H18O2. The highest BCUT2D eigenvalue weighted by Crippen LogP contribution is 2.47. The number of hydrogen-bond acceptors (Lipinski definition) is 1. The Morgan fingerprint density at radius 2 is 1.85 bits per heavy atom. The van der Waals surface area contributed by atoms with Crippen molar-refractivity contribution in [3.05, 3.63) is 0 Å². The van der Waals surface area contributed by atoms with E-state index in [0.29, 0.717) is 0 Å². The zero-order valence-corrected chi connectivity index (χ0v) is 8.09. The quantitative estimate of drug-likeness (QED) is 0.728. The monoisotopic (exact) mass is 182 g/mol. The van der Waals surface area contributed by atoms with Crippen molar-refractivity contribution < 1.29 is 9.90 Å². The molecule has 13 heavy (non-hydrogen) atoms. The van der Waals surface area contributed by atoms with Gasteiger partial charge in [-0.05, 0) is 25.2 Å². The fraction of sp³-hybridized carbons (Fsp3) is 0.909. The fourth-order valence-corrected chi connectivity index (χ4v) is 2.81. The summed E-state index contributed by atoms with van der Waals surface area (Å²) in [5, 5.41) is 9.23. The summed E-state index contributed by atoms with van der Waals surface area (Å²) in [6, 6.07) is 0. The molecule has 0 heterocycles. The smallest absolute Gasteiger partial charge is 0.309 e. The van der Waals surface area contributed by atoms with E-state index < -0.39 is 5.97 Å². The second kappa shape index (κ2) is 3.32. The number of aliphatic carboxylic acids is 1. The molecule has 0 aromatic rings. The van der Waals surface area contributed by atoms with Gasteiger partial charge in [0.2, 0.25) is 0 Å². The van der Waals surface area contributed by atoms with Gasteiger partial charge in [-0.2, -0.15) is 0 Å². The van der Waals surface area contributed by atoms with Gasteiger partial charge < -0.3 is 5.11 Å². The Bertz CT molecular complexity index is 200. The molecule has 0 bridgehead atoms. The van der Waals surface area contributed by atoms with Crippen LogP contribution in [0.5, 0.6) is 0 Å². The van der Waals surface area contributed by atoms with E-state index in [2.05, 4.69) is 0 Å². The lowest BCUT2D eigenvalue weighted by Crippen LogP contribution is -2.32. The maximum atomic E-state index is 11.2. The molecule has 0 spiro atoms. The molecule has 0 unspecified atom stereocenters. The molecule has 2 rings (SSSR count). The third-order valence-corrected chi connectivity index (χ3v) is 3.92. The topological polar surface area (TPSA) is 37.3 Å². The van der Waals surface area contributed by atoms with Gasteiger partial charge in [0.1, 0.15) is 0 Å². The van der Waals surface area contributed by atoms with Crippen LogP contribution in [0, 0.1) is 11.3 Å². The lowest BCUT2D eigenvalue weighted by atomic mass is 9.71. The Morgan fingerprint density at radius 3 is 2.23 bits per heavy atom. The lowest BCUT2D eigenvalue weighted by Gasteiger charge is -2.33. The van der Waals surface area contributed by atoms with Gasteiger partial charge in [0, 0.05) is 0 Å². The summed E-state index contributed by atoms with van der Waals surface area (Å²) in [6.45, 7) is 0. The van der Waals surface area contributed by atoms with E-state index >= 15 is 0 Å². The second-order valence-electron chi connectivity index (χ2n) is 4.79. The number of carboxylic acids is 1. The molecule has 2 heteroatoms. The molecule has 0 saturated heterocycles. The maximum Gasteiger partial charge on any atom is 0.309 e. The van der Waals surface area contributed by atoms with Crippen LogP contribution in [-0.2, 0) is 4.79 Å². The molecule has 2 fully saturated rings. The first-order chi connectivity index (χ1) is 6.23. The molecule has 0 aliphatic heterocycles. The minimum Gasteiger partial charge on any atom is -0.481 e. The van der Waals surface area contributed by atoms with Gasteiger partial charge in [-0.3, -0.25) is 4.79 Å². The van der Waals surface area contributed by atoms with Crippen LogP contribution in [0.1, 0.15) is 51.4 Å². The second-order valence-corrected chi connectivity index (χ2v) is 4.79. The van der Waals surface area contributed by atoms with Crippen molar-refractivity contribution in [2.75, 3.05) is 0 Å². The highest BCUT2D eigenvalue weighted by Gasteiger charge is 2.43. The zero-order chi connectivity index (χ0) is 9.31. The standard InChI is InChI=1S/C11H18O2/c12-10(13)11(6-1-2-7-11)8-9-4-3-5-9/h9H,1-8H2,(H,12,13). The van der Waals surface area contributed by atoms with Crippen LogP contribution < -0.4 is 0 Å². The first-order valence-corrected chi connectivity index (χ1v) is 5.46. The molecule has 0 aromatic carbocycles. The van der Waals surface area contributed by atoms with Crippen LogP contribution in [0.25, 0.3) is 0 Å². The Labute approximate surface area is 79.3 Å². The molecule has 1 N–H and O–H groups in total. The fourth-order valence-electron chi connectivity index (χ4n) is 2.81. The van der Waals surface area contributed by atoms with Crippen molar-refractivity contribution in [2.45, 2.75) is 51.4 Å². The summed E-state index contributed by atoms with van der Waals surface area (Å²) >= 11 is 0. The molecular weight excluding hydrogens is 164 g/mol. The summed E-state index contributed by atoms with van der Waals surface area (Å²) in [4.78, 5) is 11.2. The highest BCUT2D eigenvalue weighted by molar-refractivity contribution is 5.75. The van der Waals surface area contributed by atoms with Crippen molar-refractivity contribution in [3.8, 4) is 0 Å². The van der Waals surface area contributed by atoms with E-state index in [9.17, 15) is 9.90 Å². The van der Waals surface area contributed by atoms with Gasteiger partial charge in [-0.1, -0.05) is 32.1 Å². The van der Waals surface area contributed by atoms with E-state index in [0.717, 1.165) is 38.0 Å². The third-order valence-electron chi connectivity index (χ3n) is 3.92. The van der Waals surface area contributed by atoms with E-state index in [1.54, 1.807) is 0 Å². The van der Waals surface area contributed by atoms with Crippen LogP contribution in [0.4, 0.5) is 0 Å². The largest absolute Gasteiger partial charge is 0.481 e. The predicted molar refractivity (Wildman–Crippen MR) is 50.5 cm³/mol. The van der Waals surface area contributed by atoms with Crippen LogP contribution in [0.2, 0.25) is 0 Å². The highest BCUT2D eigenvalue weighted by atomic mass is 16.4. The van der Waals surface area contributed by atoms with Crippen molar-refractivity contribution in [1.82, 2.24) is 0 Å².